The molecule has 1 fully saturated rings. The Bertz CT molecular complexity index is 1430. The van der Waals surface area contributed by atoms with E-state index in [-0.39, 0.29) is 0 Å². The van der Waals surface area contributed by atoms with Gasteiger partial charge in [-0.15, -0.1) is 11.3 Å². The average molecular weight is 574 g/mol. The summed E-state index contributed by atoms with van der Waals surface area (Å²) in [7, 11) is 2.17. The predicted octanol–water partition coefficient (Wildman–Crippen LogP) is 4.56. The third kappa shape index (κ3) is 7.29. The molecule has 11 heteroatoms. The number of piperazine rings is 1. The first kappa shape index (κ1) is 28.7. The lowest BCUT2D eigenvalue weighted by Gasteiger charge is -2.32. The van der Waals surface area contributed by atoms with Crippen LogP contribution in [0.1, 0.15) is 19.4 Å². The number of likely N-dealkylation sites (N-methyl/N-ethyl adjacent to an activating group) is 1. The number of aromatic nitrogens is 4. The summed E-state index contributed by atoms with van der Waals surface area (Å²) in [4.78, 5) is 25.2. The standard InChI is InChI=1S/C30H39N9OS/c1-20(2)18-39(30-34-24(19-41-30)29-35-26(31)16-27(32)36-29)25-15-22(6-5-21(25)3)23-7-8-28(33-17-23)40-14-13-38-11-9-37(4)10-12-38/h5-8,15-17,19-20H,9-14,18H2,1-4H3,(H4,31,32,35,36). The quantitative estimate of drug-likeness (QED) is 0.279. The molecule has 0 bridgehead atoms. The van der Waals surface area contributed by atoms with Crippen molar-refractivity contribution in [3.63, 3.8) is 0 Å². The van der Waals surface area contributed by atoms with Crippen LogP contribution in [0.3, 0.4) is 0 Å². The van der Waals surface area contributed by atoms with E-state index in [4.69, 9.17) is 21.2 Å². The van der Waals surface area contributed by atoms with E-state index in [9.17, 15) is 0 Å². The number of ether oxygens (including phenoxy) is 1. The van der Waals surface area contributed by atoms with Crippen molar-refractivity contribution >= 4 is 33.8 Å². The summed E-state index contributed by atoms with van der Waals surface area (Å²) in [6, 6.07) is 12.1. The molecule has 216 valence electrons. The largest absolute Gasteiger partial charge is 0.476 e. The molecule has 4 N–H and O–H groups in total. The minimum absolute atomic E-state index is 0.324. The second-order valence-electron chi connectivity index (χ2n) is 10.9. The van der Waals surface area contributed by atoms with Gasteiger partial charge >= 0.3 is 0 Å². The molecule has 1 aromatic carbocycles. The molecule has 0 spiro atoms. The number of aryl methyl sites for hydroxylation is 1. The van der Waals surface area contributed by atoms with Gasteiger partial charge in [-0.2, -0.15) is 0 Å². The molecule has 0 aliphatic carbocycles. The zero-order valence-corrected chi connectivity index (χ0v) is 25.1. The molecule has 0 amide bonds. The second-order valence-corrected chi connectivity index (χ2v) is 11.8. The highest BCUT2D eigenvalue weighted by Crippen LogP contribution is 2.36. The number of benzene rings is 1. The van der Waals surface area contributed by atoms with E-state index in [1.807, 2.05) is 17.6 Å². The number of rotatable bonds is 10. The number of anilines is 4. The fourth-order valence-corrected chi connectivity index (χ4v) is 5.63. The fraction of sp³-hybridized carbons (Fsp3) is 0.400. The lowest BCUT2D eigenvalue weighted by Crippen LogP contribution is -2.45. The van der Waals surface area contributed by atoms with E-state index in [0.29, 0.717) is 41.6 Å². The maximum atomic E-state index is 5.96. The Morgan fingerprint density at radius 3 is 2.39 bits per heavy atom. The van der Waals surface area contributed by atoms with Gasteiger partial charge in [0.25, 0.3) is 0 Å². The minimum atomic E-state index is 0.324. The number of hydrogen-bond donors (Lipinski definition) is 2. The van der Waals surface area contributed by atoms with Gasteiger partial charge in [-0.3, -0.25) is 4.90 Å². The van der Waals surface area contributed by atoms with Gasteiger partial charge < -0.3 is 26.0 Å². The Hall–Kier alpha value is -3.80. The molecule has 4 aromatic rings. The summed E-state index contributed by atoms with van der Waals surface area (Å²) in [5, 5.41) is 2.81. The van der Waals surface area contributed by atoms with Crippen LogP contribution in [0.15, 0.2) is 48.0 Å². The van der Waals surface area contributed by atoms with E-state index < -0.39 is 0 Å². The van der Waals surface area contributed by atoms with Crippen LogP contribution in [0.25, 0.3) is 22.6 Å². The summed E-state index contributed by atoms with van der Waals surface area (Å²) in [6.07, 6.45) is 1.88. The lowest BCUT2D eigenvalue weighted by molar-refractivity contribution is 0.132. The first-order chi connectivity index (χ1) is 19.7. The Morgan fingerprint density at radius 2 is 1.71 bits per heavy atom. The van der Waals surface area contributed by atoms with Crippen LogP contribution in [0.2, 0.25) is 0 Å². The van der Waals surface area contributed by atoms with Gasteiger partial charge in [0.1, 0.15) is 23.9 Å². The zero-order valence-electron chi connectivity index (χ0n) is 24.2. The van der Waals surface area contributed by atoms with E-state index in [1.165, 1.54) is 0 Å². The van der Waals surface area contributed by atoms with Crippen molar-refractivity contribution in [1.29, 1.82) is 0 Å². The van der Waals surface area contributed by atoms with Gasteiger partial charge in [-0.1, -0.05) is 26.0 Å². The molecule has 4 heterocycles. The van der Waals surface area contributed by atoms with E-state index in [0.717, 1.165) is 66.8 Å². The van der Waals surface area contributed by atoms with Crippen LogP contribution in [0, 0.1) is 12.8 Å². The molecule has 0 saturated carbocycles. The molecule has 41 heavy (non-hydrogen) atoms. The molecule has 10 nitrogen and oxygen atoms in total. The monoisotopic (exact) mass is 573 g/mol. The molecule has 1 aliphatic rings. The number of hydrogen-bond acceptors (Lipinski definition) is 11. The van der Waals surface area contributed by atoms with Crippen LogP contribution < -0.4 is 21.1 Å². The smallest absolute Gasteiger partial charge is 0.213 e. The van der Waals surface area contributed by atoms with E-state index >= 15 is 0 Å². The highest BCUT2D eigenvalue weighted by molar-refractivity contribution is 7.14. The SMILES string of the molecule is Cc1ccc(-c2ccc(OCCN3CCN(C)CC3)nc2)cc1N(CC(C)C)c1nc(-c2nc(N)cc(N)n2)cs1. The van der Waals surface area contributed by atoms with Gasteiger partial charge in [-0.05, 0) is 43.1 Å². The van der Waals surface area contributed by atoms with Gasteiger partial charge in [0, 0.05) is 74.2 Å². The molecule has 0 atom stereocenters. The van der Waals surface area contributed by atoms with Gasteiger partial charge in [0.15, 0.2) is 11.0 Å². The van der Waals surface area contributed by atoms with Crippen LogP contribution in [-0.2, 0) is 0 Å². The molecular weight excluding hydrogens is 534 g/mol. The first-order valence-electron chi connectivity index (χ1n) is 14.0. The van der Waals surface area contributed by atoms with Gasteiger partial charge in [0.2, 0.25) is 5.88 Å². The summed E-state index contributed by atoms with van der Waals surface area (Å²) < 4.78 is 5.96. The molecule has 0 radical (unpaired) electrons. The number of nitrogen functional groups attached to an aromatic ring is 2. The maximum Gasteiger partial charge on any atom is 0.213 e. The van der Waals surface area contributed by atoms with Crippen LogP contribution >= 0.6 is 11.3 Å². The normalized spacial score (nSPS) is 14.5. The highest BCUT2D eigenvalue weighted by Gasteiger charge is 2.20. The van der Waals surface area contributed by atoms with Gasteiger partial charge in [0.05, 0.1) is 0 Å². The summed E-state index contributed by atoms with van der Waals surface area (Å²) >= 11 is 1.55. The van der Waals surface area contributed by atoms with Crippen molar-refractivity contribution in [3.8, 4) is 28.5 Å². The third-order valence-corrected chi connectivity index (χ3v) is 7.95. The minimum Gasteiger partial charge on any atom is -0.476 e. The van der Waals surface area contributed by atoms with Crippen molar-refractivity contribution in [2.75, 3.05) is 69.3 Å². The van der Waals surface area contributed by atoms with Crippen LogP contribution in [0.5, 0.6) is 5.88 Å². The lowest BCUT2D eigenvalue weighted by atomic mass is 10.0. The number of pyridine rings is 1. The topological polar surface area (TPSA) is 123 Å². The molecular formula is C30H39N9OS. The predicted molar refractivity (Wildman–Crippen MR) is 168 cm³/mol. The van der Waals surface area contributed by atoms with Crippen LogP contribution in [0.4, 0.5) is 22.5 Å². The van der Waals surface area contributed by atoms with Crippen molar-refractivity contribution < 1.29 is 4.74 Å². The van der Waals surface area contributed by atoms with E-state index in [1.54, 1.807) is 17.4 Å². The first-order valence-corrected chi connectivity index (χ1v) is 14.9. The summed E-state index contributed by atoms with van der Waals surface area (Å²) in [6.45, 7) is 13.3. The van der Waals surface area contributed by atoms with Crippen molar-refractivity contribution in [2.45, 2.75) is 20.8 Å². The molecule has 3 aromatic heterocycles. The fourth-order valence-electron chi connectivity index (χ4n) is 4.80. The average Bonchev–Trinajstić information content (AvgIpc) is 3.43. The summed E-state index contributed by atoms with van der Waals surface area (Å²) in [5.74, 6) is 2.14. The Balaban J connectivity index is 1.33. The molecule has 5 rings (SSSR count). The number of nitrogens with zero attached hydrogens (tertiary/aromatic N) is 7. The maximum absolute atomic E-state index is 5.96. The Morgan fingerprint density at radius 1 is 0.976 bits per heavy atom. The zero-order chi connectivity index (χ0) is 28.9. The molecule has 1 aliphatic heterocycles. The van der Waals surface area contributed by atoms with Crippen molar-refractivity contribution in [3.05, 3.63) is 53.5 Å². The van der Waals surface area contributed by atoms with Crippen molar-refractivity contribution in [1.82, 2.24) is 29.7 Å². The number of nitrogens with two attached hydrogens (primary N) is 2. The third-order valence-electron chi connectivity index (χ3n) is 7.09. The summed E-state index contributed by atoms with van der Waals surface area (Å²) in [5.41, 5.74) is 16.8. The van der Waals surface area contributed by atoms with Crippen molar-refractivity contribution in [2.24, 2.45) is 5.92 Å². The number of thiazole rings is 1. The molecule has 1 saturated heterocycles. The van der Waals surface area contributed by atoms with Crippen LogP contribution in [-0.4, -0.2) is 82.7 Å². The van der Waals surface area contributed by atoms with Gasteiger partial charge in [-0.25, -0.2) is 19.9 Å². The Kier molecular flexibility index (Phi) is 8.96. The Labute approximate surface area is 246 Å². The highest BCUT2D eigenvalue weighted by atomic mass is 32.1. The van der Waals surface area contributed by atoms with E-state index in [2.05, 4.69) is 81.7 Å². The second kappa shape index (κ2) is 12.8. The molecule has 0 unspecified atom stereocenters.